The number of alkyl halides is 3. The lowest BCUT2D eigenvalue weighted by molar-refractivity contribution is -0.198. The van der Waals surface area contributed by atoms with Crippen molar-refractivity contribution >= 4 is 18.3 Å². The Balaban J connectivity index is 0.00000242. The predicted octanol–water partition coefficient (Wildman–Crippen LogP) is 3.41. The predicted molar refractivity (Wildman–Crippen MR) is 81.7 cm³/mol. The molecule has 2 saturated carbocycles. The van der Waals surface area contributed by atoms with Crippen LogP contribution in [-0.2, 0) is 4.79 Å². The van der Waals surface area contributed by atoms with Gasteiger partial charge in [-0.2, -0.15) is 13.2 Å². The molecule has 3 nitrogen and oxygen atoms in total. The number of nitrogens with one attached hydrogen (secondary N) is 1. The number of rotatable bonds is 3. The van der Waals surface area contributed by atoms with Gasteiger partial charge in [-0.1, -0.05) is 19.3 Å². The molecule has 4 atom stereocenters. The minimum atomic E-state index is -4.27. The number of carbonyl (C=O) groups is 1. The van der Waals surface area contributed by atoms with Gasteiger partial charge in [-0.3, -0.25) is 4.79 Å². The first-order chi connectivity index (χ1) is 9.88. The summed E-state index contributed by atoms with van der Waals surface area (Å²) in [4.78, 5) is 12.1. The molecule has 0 aromatic rings. The molecule has 3 N–H and O–H groups in total. The molecule has 0 heterocycles. The zero-order valence-electron chi connectivity index (χ0n) is 12.7. The maximum atomic E-state index is 13.0. The fourth-order valence-electron chi connectivity index (χ4n) is 3.73. The van der Waals surface area contributed by atoms with E-state index in [1.165, 1.54) is 0 Å². The second-order valence-electron chi connectivity index (χ2n) is 6.58. The van der Waals surface area contributed by atoms with Gasteiger partial charge in [-0.25, -0.2) is 0 Å². The second kappa shape index (κ2) is 8.39. The third-order valence-corrected chi connectivity index (χ3v) is 4.91. The van der Waals surface area contributed by atoms with Crippen LogP contribution in [0.3, 0.4) is 0 Å². The number of hydrogen-bond acceptors (Lipinski definition) is 2. The van der Waals surface area contributed by atoms with Gasteiger partial charge < -0.3 is 11.1 Å². The summed E-state index contributed by atoms with van der Waals surface area (Å²) in [5.41, 5.74) is 5.89. The Morgan fingerprint density at radius 3 is 2.41 bits per heavy atom. The van der Waals surface area contributed by atoms with E-state index in [1.807, 2.05) is 0 Å². The number of amides is 1. The third-order valence-electron chi connectivity index (χ3n) is 4.91. The SMILES string of the molecule is Cl.NC1CCCC(CNC(=O)C2CCCCC2C(F)(F)F)C1. The lowest BCUT2D eigenvalue weighted by Gasteiger charge is -2.33. The van der Waals surface area contributed by atoms with Crippen LogP contribution in [0.15, 0.2) is 0 Å². The van der Waals surface area contributed by atoms with E-state index in [9.17, 15) is 18.0 Å². The van der Waals surface area contributed by atoms with Crippen molar-refractivity contribution < 1.29 is 18.0 Å². The summed E-state index contributed by atoms with van der Waals surface area (Å²) >= 11 is 0. The van der Waals surface area contributed by atoms with Gasteiger partial charge in [0.2, 0.25) is 5.91 Å². The highest BCUT2D eigenvalue weighted by molar-refractivity contribution is 5.85. The third kappa shape index (κ3) is 5.30. The van der Waals surface area contributed by atoms with Crippen molar-refractivity contribution in [2.75, 3.05) is 6.54 Å². The Hall–Kier alpha value is -0.490. The van der Waals surface area contributed by atoms with Crippen LogP contribution in [-0.4, -0.2) is 24.7 Å². The quantitative estimate of drug-likeness (QED) is 0.825. The summed E-state index contributed by atoms with van der Waals surface area (Å²) in [6.45, 7) is 0.466. The highest BCUT2D eigenvalue weighted by Gasteiger charge is 2.48. The zero-order chi connectivity index (χ0) is 15.5. The Labute approximate surface area is 136 Å². The van der Waals surface area contributed by atoms with Gasteiger partial charge >= 0.3 is 6.18 Å². The standard InChI is InChI=1S/C15H25F3N2O.ClH/c16-15(17,18)13-7-2-1-6-12(13)14(21)20-9-10-4-3-5-11(19)8-10;/h10-13H,1-9,19H2,(H,20,21);1H. The Morgan fingerprint density at radius 1 is 1.09 bits per heavy atom. The first kappa shape index (κ1) is 19.6. The van der Waals surface area contributed by atoms with E-state index in [4.69, 9.17) is 5.73 Å². The summed E-state index contributed by atoms with van der Waals surface area (Å²) in [7, 11) is 0. The number of halogens is 4. The van der Waals surface area contributed by atoms with Crippen LogP contribution >= 0.6 is 12.4 Å². The van der Waals surface area contributed by atoms with E-state index in [2.05, 4.69) is 5.32 Å². The fourth-order valence-corrected chi connectivity index (χ4v) is 3.73. The normalized spacial score (nSPS) is 32.9. The molecule has 0 radical (unpaired) electrons. The maximum Gasteiger partial charge on any atom is 0.392 e. The highest BCUT2D eigenvalue weighted by atomic mass is 35.5. The first-order valence-electron chi connectivity index (χ1n) is 7.98. The molecule has 0 aromatic carbocycles. The second-order valence-corrected chi connectivity index (χ2v) is 6.58. The molecule has 2 aliphatic carbocycles. The molecule has 0 aromatic heterocycles. The Kier molecular flexibility index (Phi) is 7.46. The van der Waals surface area contributed by atoms with Crippen molar-refractivity contribution in [3.8, 4) is 0 Å². The minimum Gasteiger partial charge on any atom is -0.356 e. The molecule has 2 rings (SSSR count). The minimum absolute atomic E-state index is 0. The van der Waals surface area contributed by atoms with E-state index in [1.54, 1.807) is 0 Å². The van der Waals surface area contributed by atoms with Crippen LogP contribution in [0.2, 0.25) is 0 Å². The molecule has 22 heavy (non-hydrogen) atoms. The average Bonchev–Trinajstić information content (AvgIpc) is 2.44. The topological polar surface area (TPSA) is 55.1 Å². The highest BCUT2D eigenvalue weighted by Crippen LogP contribution is 2.41. The van der Waals surface area contributed by atoms with Gasteiger partial charge in [0.15, 0.2) is 0 Å². The van der Waals surface area contributed by atoms with Crippen molar-refractivity contribution in [3.63, 3.8) is 0 Å². The molecule has 0 saturated heterocycles. The van der Waals surface area contributed by atoms with E-state index in [-0.39, 0.29) is 24.9 Å². The molecule has 2 aliphatic rings. The van der Waals surface area contributed by atoms with E-state index in [0.29, 0.717) is 31.7 Å². The smallest absolute Gasteiger partial charge is 0.356 e. The molecule has 0 spiro atoms. The van der Waals surface area contributed by atoms with Gasteiger partial charge in [-0.15, -0.1) is 12.4 Å². The van der Waals surface area contributed by atoms with Crippen LogP contribution in [0.1, 0.15) is 51.4 Å². The fraction of sp³-hybridized carbons (Fsp3) is 0.933. The average molecular weight is 343 g/mol. The molecule has 0 bridgehead atoms. The molecule has 2 fully saturated rings. The monoisotopic (exact) mass is 342 g/mol. The van der Waals surface area contributed by atoms with Crippen molar-refractivity contribution in [3.05, 3.63) is 0 Å². The van der Waals surface area contributed by atoms with Crippen LogP contribution in [0.5, 0.6) is 0 Å². The van der Waals surface area contributed by atoms with Crippen LogP contribution in [0, 0.1) is 17.8 Å². The van der Waals surface area contributed by atoms with E-state index in [0.717, 1.165) is 25.7 Å². The molecular weight excluding hydrogens is 317 g/mol. The van der Waals surface area contributed by atoms with Crippen LogP contribution in [0.25, 0.3) is 0 Å². The van der Waals surface area contributed by atoms with E-state index >= 15 is 0 Å². The van der Waals surface area contributed by atoms with Gasteiger partial charge in [0.25, 0.3) is 0 Å². The van der Waals surface area contributed by atoms with Crippen LogP contribution in [0.4, 0.5) is 13.2 Å². The summed E-state index contributed by atoms with van der Waals surface area (Å²) < 4.78 is 39.0. The maximum absolute atomic E-state index is 13.0. The van der Waals surface area contributed by atoms with Gasteiger partial charge in [0.1, 0.15) is 0 Å². The molecule has 0 aliphatic heterocycles. The van der Waals surface area contributed by atoms with Gasteiger partial charge in [-0.05, 0) is 38.0 Å². The van der Waals surface area contributed by atoms with Gasteiger partial charge in [0, 0.05) is 18.5 Å². The lowest BCUT2D eigenvalue weighted by atomic mass is 9.78. The summed E-state index contributed by atoms with van der Waals surface area (Å²) in [5.74, 6) is -2.49. The molecule has 130 valence electrons. The molecule has 4 unspecified atom stereocenters. The lowest BCUT2D eigenvalue weighted by Crippen LogP contribution is -2.44. The number of hydrogen-bond donors (Lipinski definition) is 2. The molecule has 1 amide bonds. The molecule has 7 heteroatoms. The summed E-state index contributed by atoms with van der Waals surface area (Å²) in [6.07, 6.45) is 1.32. The summed E-state index contributed by atoms with van der Waals surface area (Å²) in [6, 6.07) is 0.165. The van der Waals surface area contributed by atoms with Gasteiger partial charge in [0.05, 0.1) is 5.92 Å². The number of carbonyl (C=O) groups excluding carboxylic acids is 1. The largest absolute Gasteiger partial charge is 0.392 e. The van der Waals surface area contributed by atoms with E-state index < -0.39 is 23.9 Å². The Bertz CT molecular complexity index is 365. The molecular formula is C15H26ClF3N2O. The first-order valence-corrected chi connectivity index (χ1v) is 7.98. The van der Waals surface area contributed by atoms with Crippen LogP contribution < -0.4 is 11.1 Å². The van der Waals surface area contributed by atoms with Crippen molar-refractivity contribution in [1.29, 1.82) is 0 Å². The van der Waals surface area contributed by atoms with Crippen molar-refractivity contribution in [2.45, 2.75) is 63.6 Å². The summed E-state index contributed by atoms with van der Waals surface area (Å²) in [5, 5.41) is 2.75. The van der Waals surface area contributed by atoms with Crippen molar-refractivity contribution in [1.82, 2.24) is 5.32 Å². The van der Waals surface area contributed by atoms with Crippen molar-refractivity contribution in [2.24, 2.45) is 23.5 Å². The Morgan fingerprint density at radius 2 is 1.77 bits per heavy atom. The zero-order valence-corrected chi connectivity index (χ0v) is 13.5. The number of nitrogens with two attached hydrogens (primary N) is 1.